The molecule has 1 aromatic carbocycles. The van der Waals surface area contributed by atoms with E-state index >= 15 is 0 Å². The van der Waals surface area contributed by atoms with Crippen molar-refractivity contribution in [2.24, 2.45) is 0 Å². The molecule has 7 nitrogen and oxygen atoms in total. The molecule has 32 heavy (non-hydrogen) atoms. The number of thiophene rings is 1. The van der Waals surface area contributed by atoms with Gasteiger partial charge in [-0.2, -0.15) is 23.1 Å². The van der Waals surface area contributed by atoms with E-state index in [0.717, 1.165) is 27.6 Å². The highest BCUT2D eigenvalue weighted by Gasteiger charge is 2.39. The van der Waals surface area contributed by atoms with E-state index in [1.54, 1.807) is 11.3 Å². The van der Waals surface area contributed by atoms with Crippen LogP contribution in [0.4, 0.5) is 19.0 Å². The predicted molar refractivity (Wildman–Crippen MR) is 114 cm³/mol. The molecule has 1 aliphatic rings. The molecular weight excluding hydrogens is 441 g/mol. The number of para-hydroxylation sites is 1. The maximum atomic E-state index is 13.2. The van der Waals surface area contributed by atoms with Crippen LogP contribution in [0.2, 0.25) is 0 Å². The van der Waals surface area contributed by atoms with Gasteiger partial charge in [0.05, 0.1) is 11.9 Å². The molecule has 0 atom stereocenters. The van der Waals surface area contributed by atoms with Gasteiger partial charge in [0.15, 0.2) is 5.82 Å². The van der Waals surface area contributed by atoms with Crippen molar-refractivity contribution in [3.63, 3.8) is 0 Å². The Bertz CT molecular complexity index is 1250. The van der Waals surface area contributed by atoms with Gasteiger partial charge in [0.1, 0.15) is 16.4 Å². The van der Waals surface area contributed by atoms with Crippen molar-refractivity contribution in [1.82, 2.24) is 24.7 Å². The molecule has 0 saturated carbocycles. The molecule has 0 bridgehead atoms. The quantitative estimate of drug-likeness (QED) is 0.414. The SMILES string of the molecule is CCCc1cc2c(N3CCn4c(nnc4C(F)(F)F)C3)nc(Oc3ccccc3)nc2s1. The normalized spacial score (nSPS) is 14.1. The fraction of sp³-hybridized carbons (Fsp3) is 0.333. The minimum atomic E-state index is -4.53. The first kappa shape index (κ1) is 20.7. The molecule has 4 aromatic rings. The molecule has 1 aliphatic heterocycles. The van der Waals surface area contributed by atoms with Crippen LogP contribution in [0.15, 0.2) is 36.4 Å². The maximum Gasteiger partial charge on any atom is 0.451 e. The molecule has 0 aliphatic carbocycles. The molecule has 5 rings (SSSR count). The molecule has 0 spiro atoms. The molecule has 0 radical (unpaired) electrons. The zero-order valence-electron chi connectivity index (χ0n) is 17.1. The van der Waals surface area contributed by atoms with E-state index in [2.05, 4.69) is 33.2 Å². The van der Waals surface area contributed by atoms with Gasteiger partial charge in [-0.25, -0.2) is 0 Å². The van der Waals surface area contributed by atoms with Crippen LogP contribution in [0.1, 0.15) is 29.9 Å². The van der Waals surface area contributed by atoms with E-state index in [4.69, 9.17) is 4.74 Å². The molecule has 166 valence electrons. The molecule has 0 fully saturated rings. The largest absolute Gasteiger partial charge is 0.451 e. The monoisotopic (exact) mass is 460 g/mol. The van der Waals surface area contributed by atoms with E-state index in [1.807, 2.05) is 35.2 Å². The Morgan fingerprint density at radius 1 is 1.09 bits per heavy atom. The highest BCUT2D eigenvalue weighted by Crippen LogP contribution is 2.36. The van der Waals surface area contributed by atoms with Crippen LogP contribution >= 0.6 is 11.3 Å². The number of nitrogens with zero attached hydrogens (tertiary/aromatic N) is 6. The molecule has 0 N–H and O–H groups in total. The number of halogens is 3. The molecule has 0 saturated heterocycles. The zero-order chi connectivity index (χ0) is 22.3. The first-order chi connectivity index (χ1) is 15.4. The van der Waals surface area contributed by atoms with Crippen LogP contribution in [0.25, 0.3) is 10.2 Å². The van der Waals surface area contributed by atoms with Crippen molar-refractivity contribution in [2.75, 3.05) is 11.4 Å². The van der Waals surface area contributed by atoms with Crippen molar-refractivity contribution in [1.29, 1.82) is 0 Å². The second-order valence-electron chi connectivity index (χ2n) is 7.44. The third-order valence-corrected chi connectivity index (χ3v) is 6.25. The Morgan fingerprint density at radius 2 is 1.91 bits per heavy atom. The summed E-state index contributed by atoms with van der Waals surface area (Å²) in [5, 5.41) is 8.01. The highest BCUT2D eigenvalue weighted by atomic mass is 32.1. The Kier molecular flexibility index (Phi) is 5.20. The number of hydrogen-bond donors (Lipinski definition) is 0. The lowest BCUT2D eigenvalue weighted by Gasteiger charge is -2.29. The summed E-state index contributed by atoms with van der Waals surface area (Å²) in [4.78, 5) is 13.1. The number of aromatic nitrogens is 5. The van der Waals surface area contributed by atoms with Gasteiger partial charge >= 0.3 is 12.2 Å². The minimum absolute atomic E-state index is 0.115. The fourth-order valence-electron chi connectivity index (χ4n) is 3.74. The Balaban J connectivity index is 1.54. The zero-order valence-corrected chi connectivity index (χ0v) is 17.9. The number of hydrogen-bond acceptors (Lipinski definition) is 7. The average Bonchev–Trinajstić information content (AvgIpc) is 3.37. The molecule has 3 aromatic heterocycles. The molecule has 11 heteroatoms. The Hall–Kier alpha value is -3.21. The van der Waals surface area contributed by atoms with Crippen molar-refractivity contribution >= 4 is 27.4 Å². The van der Waals surface area contributed by atoms with Crippen molar-refractivity contribution in [2.45, 2.75) is 39.0 Å². The van der Waals surface area contributed by atoms with E-state index in [9.17, 15) is 13.2 Å². The van der Waals surface area contributed by atoms with E-state index in [0.29, 0.717) is 18.1 Å². The van der Waals surface area contributed by atoms with Gasteiger partial charge in [-0.15, -0.1) is 21.5 Å². The summed E-state index contributed by atoms with van der Waals surface area (Å²) in [6.45, 7) is 2.73. The number of ether oxygens (including phenoxy) is 1. The summed E-state index contributed by atoms with van der Waals surface area (Å²) in [7, 11) is 0. The fourth-order valence-corrected chi connectivity index (χ4v) is 4.85. The van der Waals surface area contributed by atoms with Crippen LogP contribution in [-0.4, -0.2) is 31.3 Å². The number of fused-ring (bicyclic) bond motifs is 2. The number of anilines is 1. The lowest BCUT2D eigenvalue weighted by Crippen LogP contribution is -2.36. The average molecular weight is 460 g/mol. The van der Waals surface area contributed by atoms with Crippen LogP contribution < -0.4 is 9.64 Å². The van der Waals surface area contributed by atoms with Gasteiger partial charge in [-0.3, -0.25) is 0 Å². The highest BCUT2D eigenvalue weighted by molar-refractivity contribution is 7.18. The van der Waals surface area contributed by atoms with Gasteiger partial charge in [-0.05, 0) is 24.6 Å². The summed E-state index contributed by atoms with van der Waals surface area (Å²) < 4.78 is 46.6. The standard InChI is InChI=1S/C21H19F3N6OS/c1-2-6-14-11-15-17(25-20(26-18(15)32-14)31-13-7-4-3-5-8-13)29-9-10-30-16(12-29)27-28-19(30)21(22,23)24/h3-5,7-8,11H,2,6,9-10,12H2,1H3. The minimum Gasteiger partial charge on any atom is -0.424 e. The molecule has 0 amide bonds. The summed E-state index contributed by atoms with van der Waals surface area (Å²) in [6, 6.07) is 11.5. The third-order valence-electron chi connectivity index (χ3n) is 5.16. The van der Waals surface area contributed by atoms with Crippen LogP contribution in [0.3, 0.4) is 0 Å². The third kappa shape index (κ3) is 3.88. The number of benzene rings is 1. The van der Waals surface area contributed by atoms with E-state index in [1.165, 1.54) is 4.88 Å². The second kappa shape index (κ2) is 8.05. The van der Waals surface area contributed by atoms with Crippen molar-refractivity contribution in [3.05, 3.63) is 52.9 Å². The van der Waals surface area contributed by atoms with Gasteiger partial charge in [0.25, 0.3) is 0 Å². The first-order valence-electron chi connectivity index (χ1n) is 10.2. The van der Waals surface area contributed by atoms with Gasteiger partial charge in [-0.1, -0.05) is 31.5 Å². The second-order valence-corrected chi connectivity index (χ2v) is 8.55. The van der Waals surface area contributed by atoms with Crippen LogP contribution in [0, 0.1) is 0 Å². The number of rotatable bonds is 5. The van der Waals surface area contributed by atoms with Crippen LogP contribution in [-0.2, 0) is 25.7 Å². The van der Waals surface area contributed by atoms with Crippen LogP contribution in [0.5, 0.6) is 11.8 Å². The molecule has 0 unspecified atom stereocenters. The lowest BCUT2D eigenvalue weighted by molar-refractivity contribution is -0.147. The topological polar surface area (TPSA) is 69.0 Å². The van der Waals surface area contributed by atoms with E-state index in [-0.39, 0.29) is 24.9 Å². The van der Waals surface area contributed by atoms with Crippen molar-refractivity contribution < 1.29 is 17.9 Å². The Morgan fingerprint density at radius 3 is 2.66 bits per heavy atom. The predicted octanol–water partition coefficient (Wildman–Crippen LogP) is 5.07. The van der Waals surface area contributed by atoms with Gasteiger partial charge in [0.2, 0.25) is 5.82 Å². The summed E-state index contributed by atoms with van der Waals surface area (Å²) in [6.07, 6.45) is -2.62. The number of aryl methyl sites for hydroxylation is 1. The lowest BCUT2D eigenvalue weighted by atomic mass is 10.2. The van der Waals surface area contributed by atoms with E-state index < -0.39 is 12.0 Å². The Labute approximate surface area is 185 Å². The molecular formula is C21H19F3N6OS. The summed E-state index contributed by atoms with van der Waals surface area (Å²) in [5.41, 5.74) is 0. The first-order valence-corrected chi connectivity index (χ1v) is 11.0. The van der Waals surface area contributed by atoms with Crippen molar-refractivity contribution in [3.8, 4) is 11.8 Å². The maximum absolute atomic E-state index is 13.2. The summed E-state index contributed by atoms with van der Waals surface area (Å²) in [5.74, 6) is 0.525. The van der Waals surface area contributed by atoms with Gasteiger partial charge in [0, 0.05) is 18.0 Å². The molecule has 4 heterocycles. The smallest absolute Gasteiger partial charge is 0.424 e. The van der Waals surface area contributed by atoms with Gasteiger partial charge < -0.3 is 14.2 Å². The summed E-state index contributed by atoms with van der Waals surface area (Å²) >= 11 is 1.58. The number of alkyl halides is 3.